The van der Waals surface area contributed by atoms with Crippen molar-refractivity contribution < 1.29 is 4.79 Å². The topological polar surface area (TPSA) is 68.0 Å². The lowest BCUT2D eigenvalue weighted by Crippen LogP contribution is -2.39. The second-order valence-corrected chi connectivity index (χ2v) is 4.37. The fourth-order valence-corrected chi connectivity index (χ4v) is 1.98. The van der Waals surface area contributed by atoms with E-state index in [0.717, 1.165) is 17.8 Å². The third kappa shape index (κ3) is 1.93. The Bertz CT molecular complexity index is 333. The second-order valence-electron chi connectivity index (χ2n) is 3.43. The highest BCUT2D eigenvalue weighted by atomic mass is 32.1. The Balaban J connectivity index is 1.95. The van der Waals surface area contributed by atoms with Crippen LogP contribution in [0.3, 0.4) is 0 Å². The molecule has 1 aromatic rings. The molecule has 3 N–H and O–H groups in total. The third-order valence-corrected chi connectivity index (χ3v) is 3.27. The molecule has 0 aliphatic heterocycles. The molecule has 1 aliphatic carbocycles. The SMILES string of the molecule is NCc1nc(C(=O)NC2CCC2)cs1. The summed E-state index contributed by atoms with van der Waals surface area (Å²) in [7, 11) is 0. The van der Waals surface area contributed by atoms with E-state index in [4.69, 9.17) is 5.73 Å². The molecule has 0 unspecified atom stereocenters. The van der Waals surface area contributed by atoms with Crippen molar-refractivity contribution in [1.82, 2.24) is 10.3 Å². The summed E-state index contributed by atoms with van der Waals surface area (Å²) in [6.45, 7) is 0.404. The zero-order valence-corrected chi connectivity index (χ0v) is 8.64. The van der Waals surface area contributed by atoms with E-state index in [0.29, 0.717) is 18.3 Å². The number of hydrogen-bond acceptors (Lipinski definition) is 4. The quantitative estimate of drug-likeness (QED) is 0.780. The predicted octanol–water partition coefficient (Wildman–Crippen LogP) is 0.884. The maximum atomic E-state index is 11.6. The van der Waals surface area contributed by atoms with Crippen molar-refractivity contribution >= 4 is 17.2 Å². The minimum atomic E-state index is -0.0642. The Hall–Kier alpha value is -0.940. The number of carbonyl (C=O) groups is 1. The van der Waals surface area contributed by atoms with Gasteiger partial charge in [-0.25, -0.2) is 4.98 Å². The van der Waals surface area contributed by atoms with Crippen LogP contribution in [-0.2, 0) is 6.54 Å². The van der Waals surface area contributed by atoms with Crippen LogP contribution in [0.5, 0.6) is 0 Å². The van der Waals surface area contributed by atoms with Gasteiger partial charge in [0.1, 0.15) is 10.7 Å². The van der Waals surface area contributed by atoms with Crippen molar-refractivity contribution in [3.05, 3.63) is 16.1 Å². The molecule has 0 bridgehead atoms. The lowest BCUT2D eigenvalue weighted by Gasteiger charge is -2.25. The molecule has 14 heavy (non-hydrogen) atoms. The van der Waals surface area contributed by atoms with Crippen LogP contribution in [0.4, 0.5) is 0 Å². The van der Waals surface area contributed by atoms with Crippen LogP contribution in [0.1, 0.15) is 34.8 Å². The first-order valence-electron chi connectivity index (χ1n) is 4.75. The molecule has 1 aliphatic rings. The summed E-state index contributed by atoms with van der Waals surface area (Å²) in [6.07, 6.45) is 3.41. The molecule has 1 aromatic heterocycles. The number of thiazole rings is 1. The first kappa shape index (κ1) is 9.61. The highest BCUT2D eigenvalue weighted by molar-refractivity contribution is 7.09. The zero-order valence-electron chi connectivity index (χ0n) is 7.82. The summed E-state index contributed by atoms with van der Waals surface area (Å²) in [5, 5.41) is 5.50. The van der Waals surface area contributed by atoms with Gasteiger partial charge in [0, 0.05) is 18.0 Å². The lowest BCUT2D eigenvalue weighted by molar-refractivity contribution is 0.0912. The highest BCUT2D eigenvalue weighted by Gasteiger charge is 2.21. The summed E-state index contributed by atoms with van der Waals surface area (Å²) in [5.41, 5.74) is 5.92. The van der Waals surface area contributed by atoms with E-state index in [1.54, 1.807) is 5.38 Å². The number of rotatable bonds is 3. The molecule has 76 valence electrons. The molecule has 1 amide bonds. The third-order valence-electron chi connectivity index (χ3n) is 2.40. The first-order chi connectivity index (χ1) is 6.79. The van der Waals surface area contributed by atoms with Gasteiger partial charge in [0.25, 0.3) is 5.91 Å². The minimum Gasteiger partial charge on any atom is -0.348 e. The van der Waals surface area contributed by atoms with Gasteiger partial charge in [-0.05, 0) is 19.3 Å². The number of nitrogens with one attached hydrogen (secondary N) is 1. The zero-order chi connectivity index (χ0) is 9.97. The monoisotopic (exact) mass is 211 g/mol. The molecule has 0 spiro atoms. The van der Waals surface area contributed by atoms with Crippen LogP contribution in [0.2, 0.25) is 0 Å². The van der Waals surface area contributed by atoms with E-state index in [1.807, 2.05) is 0 Å². The minimum absolute atomic E-state index is 0.0642. The number of nitrogens with two attached hydrogens (primary N) is 1. The number of hydrogen-bond donors (Lipinski definition) is 2. The predicted molar refractivity (Wildman–Crippen MR) is 55.1 cm³/mol. The van der Waals surface area contributed by atoms with Crippen molar-refractivity contribution in [3.63, 3.8) is 0 Å². The number of carbonyl (C=O) groups excluding carboxylic acids is 1. The van der Waals surface area contributed by atoms with E-state index in [9.17, 15) is 4.79 Å². The van der Waals surface area contributed by atoms with Gasteiger partial charge in [0.05, 0.1) is 0 Å². The summed E-state index contributed by atoms with van der Waals surface area (Å²) >= 11 is 1.43. The fourth-order valence-electron chi connectivity index (χ4n) is 1.32. The van der Waals surface area contributed by atoms with E-state index in [2.05, 4.69) is 10.3 Å². The van der Waals surface area contributed by atoms with Gasteiger partial charge in [0.2, 0.25) is 0 Å². The largest absolute Gasteiger partial charge is 0.348 e. The van der Waals surface area contributed by atoms with Gasteiger partial charge in [-0.3, -0.25) is 4.79 Å². The van der Waals surface area contributed by atoms with Gasteiger partial charge in [-0.2, -0.15) is 0 Å². The Kier molecular flexibility index (Phi) is 2.79. The van der Waals surface area contributed by atoms with Crippen molar-refractivity contribution in [3.8, 4) is 0 Å². The molecular formula is C9H13N3OS. The smallest absolute Gasteiger partial charge is 0.270 e. The number of aromatic nitrogens is 1. The summed E-state index contributed by atoms with van der Waals surface area (Å²) < 4.78 is 0. The van der Waals surface area contributed by atoms with Gasteiger partial charge >= 0.3 is 0 Å². The Labute approximate surface area is 86.5 Å². The molecule has 0 atom stereocenters. The lowest BCUT2D eigenvalue weighted by atomic mass is 9.93. The van der Waals surface area contributed by atoms with Crippen LogP contribution >= 0.6 is 11.3 Å². The van der Waals surface area contributed by atoms with Crippen molar-refractivity contribution in [1.29, 1.82) is 0 Å². The molecule has 0 aromatic carbocycles. The molecule has 2 rings (SSSR count). The van der Waals surface area contributed by atoms with Gasteiger partial charge in [0.15, 0.2) is 0 Å². The van der Waals surface area contributed by atoms with E-state index in [1.165, 1.54) is 17.8 Å². The Morgan fingerprint density at radius 3 is 3.00 bits per heavy atom. The Morgan fingerprint density at radius 2 is 2.50 bits per heavy atom. The molecule has 4 nitrogen and oxygen atoms in total. The number of nitrogens with zero attached hydrogens (tertiary/aromatic N) is 1. The van der Waals surface area contributed by atoms with Crippen LogP contribution < -0.4 is 11.1 Å². The maximum absolute atomic E-state index is 11.6. The van der Waals surface area contributed by atoms with Crippen LogP contribution in [0, 0.1) is 0 Å². The van der Waals surface area contributed by atoms with Crippen LogP contribution in [0.25, 0.3) is 0 Å². The van der Waals surface area contributed by atoms with E-state index >= 15 is 0 Å². The molecule has 5 heteroatoms. The van der Waals surface area contributed by atoms with Gasteiger partial charge in [-0.1, -0.05) is 0 Å². The van der Waals surface area contributed by atoms with E-state index in [-0.39, 0.29) is 5.91 Å². The molecule has 1 saturated carbocycles. The molecule has 0 radical (unpaired) electrons. The molecule has 0 saturated heterocycles. The number of amides is 1. The van der Waals surface area contributed by atoms with Crippen LogP contribution in [0.15, 0.2) is 5.38 Å². The average molecular weight is 211 g/mol. The van der Waals surface area contributed by atoms with E-state index < -0.39 is 0 Å². The summed E-state index contributed by atoms with van der Waals surface area (Å²) in [6, 6.07) is 0.366. The Morgan fingerprint density at radius 1 is 1.71 bits per heavy atom. The standard InChI is InChI=1S/C9H13N3OS/c10-4-8-12-7(5-14-8)9(13)11-6-2-1-3-6/h5-6H,1-4,10H2,(H,11,13). The normalized spacial score (nSPS) is 16.4. The van der Waals surface area contributed by atoms with Crippen LogP contribution in [-0.4, -0.2) is 16.9 Å². The molecule has 1 heterocycles. The second kappa shape index (κ2) is 4.06. The highest BCUT2D eigenvalue weighted by Crippen LogP contribution is 2.18. The van der Waals surface area contributed by atoms with Gasteiger partial charge in [-0.15, -0.1) is 11.3 Å². The molecule has 1 fully saturated rings. The average Bonchev–Trinajstić information content (AvgIpc) is 2.59. The van der Waals surface area contributed by atoms with Crippen molar-refractivity contribution in [2.45, 2.75) is 31.8 Å². The first-order valence-corrected chi connectivity index (χ1v) is 5.63. The summed E-state index contributed by atoms with van der Waals surface area (Å²) in [5.74, 6) is -0.0642. The molecular weight excluding hydrogens is 198 g/mol. The maximum Gasteiger partial charge on any atom is 0.270 e. The van der Waals surface area contributed by atoms with Gasteiger partial charge < -0.3 is 11.1 Å². The fraction of sp³-hybridized carbons (Fsp3) is 0.556. The van der Waals surface area contributed by atoms with Crippen molar-refractivity contribution in [2.75, 3.05) is 0 Å². The summed E-state index contributed by atoms with van der Waals surface area (Å²) in [4.78, 5) is 15.7. The van der Waals surface area contributed by atoms with Crippen molar-refractivity contribution in [2.24, 2.45) is 5.73 Å².